The number of aliphatic hydroxyl groups is 1. The lowest BCUT2D eigenvalue weighted by molar-refractivity contribution is -0.108. The molecule has 1 saturated heterocycles. The van der Waals surface area contributed by atoms with Crippen LogP contribution in [0, 0.1) is 5.92 Å². The molecule has 1 aliphatic heterocycles. The van der Waals surface area contributed by atoms with E-state index < -0.39 is 0 Å². The van der Waals surface area contributed by atoms with Crippen molar-refractivity contribution in [1.29, 1.82) is 0 Å². The van der Waals surface area contributed by atoms with Gasteiger partial charge in [0.15, 0.2) is 11.6 Å². The lowest BCUT2D eigenvalue weighted by atomic mass is 10.1. The van der Waals surface area contributed by atoms with Crippen LogP contribution >= 0.6 is 0 Å². The first-order valence-corrected chi connectivity index (χ1v) is 34.5. The molecule has 2 atom stereocenters. The minimum absolute atomic E-state index is 0.0288. The quantitative estimate of drug-likeness (QED) is 0.0494. The molecule has 14 rings (SSSR count). The maximum Gasteiger partial charge on any atom is 0.171 e. The largest absolute Gasteiger partial charge is 0.497 e. The van der Waals surface area contributed by atoms with Crippen molar-refractivity contribution >= 4 is 73.0 Å². The monoisotopic (exact) mass is 1430 g/mol. The first kappa shape index (κ1) is 73.5. The van der Waals surface area contributed by atoms with E-state index in [1.54, 1.807) is 108 Å². The van der Waals surface area contributed by atoms with Gasteiger partial charge in [0.05, 0.1) is 157 Å². The van der Waals surface area contributed by atoms with Crippen LogP contribution in [0.15, 0.2) is 183 Å². The van der Waals surface area contributed by atoms with Crippen molar-refractivity contribution in [2.45, 2.75) is 25.8 Å². The number of ether oxygens (including phenoxy) is 7. The van der Waals surface area contributed by atoms with E-state index in [4.69, 9.17) is 52.9 Å². The normalized spacial score (nSPS) is 12.9. The van der Waals surface area contributed by atoms with E-state index in [0.29, 0.717) is 17.4 Å². The summed E-state index contributed by atoms with van der Waals surface area (Å²) in [5.41, 5.74) is 15.6. The lowest BCUT2D eigenvalue weighted by Crippen LogP contribution is -2.31. The molecule has 6 aromatic carbocycles. The van der Waals surface area contributed by atoms with Gasteiger partial charge >= 0.3 is 0 Å². The summed E-state index contributed by atoms with van der Waals surface area (Å²) in [7, 11) is 20.8. The SMILES string of the molecule is COc1cc(OC)cc(N(CC2CCN(c3ncccc3OC)C2)c2ccc3ncc(-c4cnn(C)c4)nc3c2)c1.COc1cc(OC)cc(N(CCCN(C)OC)c2ccc3ncc(-c4cnn(C)c4)nc3c2)c1.COc1cc(OC)cc(N(c2ccc3ncc(-c4cnn(C)c4)nc3c2)C(C)CO)c1. The Balaban J connectivity index is 0.000000151. The van der Waals surface area contributed by atoms with Gasteiger partial charge in [-0.05, 0) is 92.4 Å². The highest BCUT2D eigenvalue weighted by Gasteiger charge is 2.29. The Bertz CT molecular complexity index is 5060. The van der Waals surface area contributed by atoms with Crippen LogP contribution in [0.2, 0.25) is 0 Å². The molecule has 1 N–H and O–H groups in total. The fourth-order valence-corrected chi connectivity index (χ4v) is 12.7. The van der Waals surface area contributed by atoms with Crippen LogP contribution in [-0.4, -0.2) is 184 Å². The summed E-state index contributed by atoms with van der Waals surface area (Å²) in [5, 5.41) is 24.5. The summed E-state index contributed by atoms with van der Waals surface area (Å²) in [5.74, 6) is 6.32. The third-order valence-electron chi connectivity index (χ3n) is 18.3. The minimum atomic E-state index is -0.191. The number of pyridine rings is 1. The fraction of sp³-hybridized carbons (Fsp3) is 0.291. The van der Waals surface area contributed by atoms with Crippen LogP contribution in [0.1, 0.15) is 19.8 Å². The van der Waals surface area contributed by atoms with Crippen molar-refractivity contribution in [3.63, 3.8) is 0 Å². The minimum Gasteiger partial charge on any atom is -0.497 e. The van der Waals surface area contributed by atoms with Crippen LogP contribution < -0.4 is 52.8 Å². The zero-order valence-electron chi connectivity index (χ0n) is 61.9. The molecule has 0 spiro atoms. The van der Waals surface area contributed by atoms with E-state index in [2.05, 4.69) is 74.2 Å². The van der Waals surface area contributed by atoms with Crippen LogP contribution in [0.3, 0.4) is 0 Å². The average molecular weight is 1430 g/mol. The summed E-state index contributed by atoms with van der Waals surface area (Å²) in [6.07, 6.45) is 20.2. The third-order valence-corrected chi connectivity index (χ3v) is 18.3. The van der Waals surface area contributed by atoms with Crippen molar-refractivity contribution in [2.75, 3.05) is 123 Å². The molecule has 0 saturated carbocycles. The van der Waals surface area contributed by atoms with Crippen molar-refractivity contribution in [1.82, 2.24) is 69.3 Å². The standard InChI is InChI=1S/C31H33N7O3.C25H30N6O3.C23H25N5O3/c1-36-20-22(16-34-36)29-17-33-27-8-7-23(14-28(27)35-29)38(24-12-25(39-2)15-26(13-24)40-3)19-21-9-11-37(18-21)31-30(41-4)6-5-10-32-31;1-29-17-18(15-27-29)25-16-26-23-8-7-19(13-24(23)28-25)31(10-6-9-30(2)34-5)20-11-21(32-3)14-22(12-20)33-4;1-15(14-29)28(18-7-19(30-3)10-20(8-18)31-4)17-5-6-21-22(9-17)26-23(12-24-21)16-11-25-27(2)13-16/h5-8,10,12-17,20-21H,9,11,18-19H2,1-4H3;7-8,11-17H,6,9-10H2,1-5H3;5-13,15,29H,14H2,1-4H3. The van der Waals surface area contributed by atoms with Crippen LogP contribution in [0.5, 0.6) is 40.2 Å². The Kier molecular flexibility index (Phi) is 23.5. The highest BCUT2D eigenvalue weighted by Crippen LogP contribution is 2.40. The number of anilines is 7. The molecular weight excluding hydrogens is 1340 g/mol. The van der Waals surface area contributed by atoms with Gasteiger partial charge in [0.1, 0.15) is 34.5 Å². The molecule has 1 fully saturated rings. The molecule has 7 aromatic heterocycles. The van der Waals surface area contributed by atoms with Crippen molar-refractivity contribution in [3.05, 3.63) is 183 Å². The van der Waals surface area contributed by atoms with Gasteiger partial charge in [-0.3, -0.25) is 29.0 Å². The number of hydroxylamine groups is 2. The number of rotatable bonds is 26. The van der Waals surface area contributed by atoms with Crippen molar-refractivity contribution in [3.8, 4) is 74.0 Å². The number of methoxy groups -OCH3 is 7. The number of hydrogen-bond acceptors (Lipinski definition) is 24. The number of benzene rings is 6. The number of nitrogens with zero attached hydrogens (tertiary/aromatic N) is 18. The molecule has 27 nitrogen and oxygen atoms in total. The summed E-state index contributed by atoms with van der Waals surface area (Å²) in [4.78, 5) is 47.2. The second-order valence-corrected chi connectivity index (χ2v) is 25.4. The van der Waals surface area contributed by atoms with Gasteiger partial charge in [0, 0.05) is 191 Å². The number of aromatic nitrogens is 13. The average Bonchev–Trinajstić information content (AvgIpc) is 1.11. The first-order chi connectivity index (χ1) is 51.6. The maximum atomic E-state index is 9.95. The van der Waals surface area contributed by atoms with E-state index in [9.17, 15) is 5.11 Å². The predicted octanol–water partition coefficient (Wildman–Crippen LogP) is 12.8. The van der Waals surface area contributed by atoms with Crippen molar-refractivity contribution in [2.24, 2.45) is 27.1 Å². The van der Waals surface area contributed by atoms with Gasteiger partial charge in [-0.15, -0.1) is 0 Å². The Morgan fingerprint density at radius 3 is 1.30 bits per heavy atom. The number of hydrogen-bond donors (Lipinski definition) is 1. The molecule has 0 bridgehead atoms. The summed E-state index contributed by atoms with van der Waals surface area (Å²) in [6, 6.07) is 39.4. The second-order valence-electron chi connectivity index (χ2n) is 25.4. The van der Waals surface area contributed by atoms with Gasteiger partial charge in [-0.2, -0.15) is 20.4 Å². The van der Waals surface area contributed by atoms with Crippen LogP contribution in [0.4, 0.5) is 39.9 Å². The summed E-state index contributed by atoms with van der Waals surface area (Å²) < 4.78 is 44.0. The van der Waals surface area contributed by atoms with E-state index in [0.717, 1.165) is 181 Å². The molecule has 0 amide bonds. The third kappa shape index (κ3) is 17.4. The molecule has 13 aromatic rings. The van der Waals surface area contributed by atoms with E-state index in [1.165, 1.54) is 0 Å². The number of aliphatic hydroxyl groups excluding tert-OH is 1. The van der Waals surface area contributed by atoms with E-state index in [-0.39, 0.29) is 12.6 Å². The zero-order valence-corrected chi connectivity index (χ0v) is 61.9. The first-order valence-electron chi connectivity index (χ1n) is 34.5. The summed E-state index contributed by atoms with van der Waals surface area (Å²) in [6.45, 7) is 6.02. The molecule has 2 unspecified atom stereocenters. The Morgan fingerprint density at radius 1 is 0.462 bits per heavy atom. The molecule has 106 heavy (non-hydrogen) atoms. The molecular formula is C79H88N18O9. The smallest absolute Gasteiger partial charge is 0.171 e. The van der Waals surface area contributed by atoms with Crippen molar-refractivity contribution < 1.29 is 43.1 Å². The van der Waals surface area contributed by atoms with Gasteiger partial charge in [-0.25, -0.2) is 19.9 Å². The van der Waals surface area contributed by atoms with Gasteiger partial charge < -0.3 is 62.7 Å². The lowest BCUT2D eigenvalue weighted by Gasteiger charge is -2.31. The fourth-order valence-electron chi connectivity index (χ4n) is 12.7. The van der Waals surface area contributed by atoms with Gasteiger partial charge in [0.2, 0.25) is 0 Å². The molecule has 548 valence electrons. The Morgan fingerprint density at radius 2 is 0.887 bits per heavy atom. The highest BCUT2D eigenvalue weighted by atomic mass is 16.7. The Hall–Kier alpha value is -12.2. The van der Waals surface area contributed by atoms with Crippen LogP contribution in [-0.2, 0) is 26.0 Å². The predicted molar refractivity (Wildman–Crippen MR) is 412 cm³/mol. The molecule has 0 radical (unpaired) electrons. The number of aryl methyl sites for hydroxylation is 3. The van der Waals surface area contributed by atoms with E-state index in [1.807, 2.05) is 167 Å². The highest BCUT2D eigenvalue weighted by molar-refractivity contribution is 5.86. The van der Waals surface area contributed by atoms with Gasteiger partial charge in [0.25, 0.3) is 0 Å². The Labute approximate surface area is 615 Å². The topological polar surface area (TPSA) is 254 Å². The van der Waals surface area contributed by atoms with Crippen LogP contribution in [0.25, 0.3) is 66.9 Å². The molecule has 8 heterocycles. The molecule has 0 aliphatic carbocycles. The number of fused-ring (bicyclic) bond motifs is 3. The zero-order chi connectivity index (χ0) is 74.4. The van der Waals surface area contributed by atoms with Gasteiger partial charge in [-0.1, -0.05) is 0 Å². The maximum absolute atomic E-state index is 9.95. The van der Waals surface area contributed by atoms with E-state index >= 15 is 0 Å². The summed E-state index contributed by atoms with van der Waals surface area (Å²) >= 11 is 0. The molecule has 1 aliphatic rings. The molecule has 27 heteroatoms. The second kappa shape index (κ2) is 33.9.